The summed E-state index contributed by atoms with van der Waals surface area (Å²) in [6.45, 7) is 6.37. The van der Waals surface area contributed by atoms with E-state index in [1.165, 1.54) is 34.4 Å². The van der Waals surface area contributed by atoms with E-state index < -0.39 is 22.2 Å². The van der Waals surface area contributed by atoms with E-state index in [2.05, 4.69) is 48.7 Å². The second kappa shape index (κ2) is 10.5. The molecule has 0 radical (unpaired) electrons. The number of ether oxygens (including phenoxy) is 1. The minimum absolute atomic E-state index is 0.196. The quantitative estimate of drug-likeness (QED) is 0.594. The highest BCUT2D eigenvalue weighted by Gasteiger charge is 2.24. The lowest BCUT2D eigenvalue weighted by molar-refractivity contribution is 0.399. The highest BCUT2D eigenvalue weighted by molar-refractivity contribution is 7.82. The molecule has 1 aliphatic rings. The van der Waals surface area contributed by atoms with Gasteiger partial charge in [0.15, 0.2) is 0 Å². The summed E-state index contributed by atoms with van der Waals surface area (Å²) in [6, 6.07) is 11.9. The maximum atomic E-state index is 12.4. The summed E-state index contributed by atoms with van der Waals surface area (Å²) in [4.78, 5) is 26.3. The van der Waals surface area contributed by atoms with E-state index in [9.17, 15) is 13.8 Å². The van der Waals surface area contributed by atoms with Gasteiger partial charge < -0.3 is 4.74 Å². The molecule has 0 saturated carbocycles. The van der Waals surface area contributed by atoms with Gasteiger partial charge in [-0.1, -0.05) is 39.0 Å². The van der Waals surface area contributed by atoms with Gasteiger partial charge in [-0.05, 0) is 60.5 Å². The predicted molar refractivity (Wildman–Crippen MR) is 138 cm³/mol. The van der Waals surface area contributed by atoms with Crippen LogP contribution < -0.4 is 20.7 Å². The van der Waals surface area contributed by atoms with E-state index in [1.54, 1.807) is 20.4 Å². The van der Waals surface area contributed by atoms with Gasteiger partial charge in [-0.2, -0.15) is 0 Å². The predicted octanol–water partition coefficient (Wildman–Crippen LogP) is 3.49. The molecule has 1 heterocycles. The molecule has 34 heavy (non-hydrogen) atoms. The SMILES string of the molecule is CNS(C)=O.COc1c(-c2ccc3c(c2)CCC3)cc(-n2ccc(=O)[nH]c2=O)cc1C(C)(C)C. The lowest BCUT2D eigenvalue weighted by atomic mass is 9.83. The van der Waals surface area contributed by atoms with Crippen molar-refractivity contribution >= 4 is 11.0 Å². The molecule has 1 aliphatic carbocycles. The van der Waals surface area contributed by atoms with Crippen LogP contribution >= 0.6 is 0 Å². The number of nitrogens with one attached hydrogen (secondary N) is 2. The second-order valence-electron chi connectivity index (χ2n) is 9.30. The van der Waals surface area contributed by atoms with Crippen LogP contribution in [0.5, 0.6) is 5.75 Å². The van der Waals surface area contributed by atoms with Gasteiger partial charge in [-0.3, -0.25) is 14.3 Å². The fourth-order valence-corrected chi connectivity index (χ4v) is 4.10. The molecule has 0 fully saturated rings. The Labute approximate surface area is 202 Å². The molecule has 182 valence electrons. The molecule has 2 aromatic carbocycles. The maximum absolute atomic E-state index is 12.4. The van der Waals surface area contributed by atoms with E-state index >= 15 is 0 Å². The number of nitrogens with zero attached hydrogens (tertiary/aromatic N) is 1. The normalized spacial score (nSPS) is 13.6. The second-order valence-corrected chi connectivity index (χ2v) is 10.6. The monoisotopic (exact) mass is 483 g/mol. The number of H-pyrrole nitrogens is 1. The molecule has 0 bridgehead atoms. The first-order chi connectivity index (χ1) is 16.0. The number of rotatable bonds is 4. The average Bonchev–Trinajstić information content (AvgIpc) is 3.26. The van der Waals surface area contributed by atoms with Crippen LogP contribution in [0.4, 0.5) is 0 Å². The van der Waals surface area contributed by atoms with Crippen LogP contribution in [0.3, 0.4) is 0 Å². The Bertz CT molecular complexity index is 1320. The van der Waals surface area contributed by atoms with Crippen molar-refractivity contribution in [3.63, 3.8) is 0 Å². The molecule has 2 N–H and O–H groups in total. The van der Waals surface area contributed by atoms with Crippen molar-refractivity contribution in [1.29, 1.82) is 0 Å². The van der Waals surface area contributed by atoms with Gasteiger partial charge in [0.05, 0.1) is 23.8 Å². The fourth-order valence-electron chi connectivity index (χ4n) is 4.10. The molecular weight excluding hydrogens is 450 g/mol. The third kappa shape index (κ3) is 5.74. The Balaban J connectivity index is 0.000000588. The summed E-state index contributed by atoms with van der Waals surface area (Å²) in [5.41, 5.74) is 5.47. The van der Waals surface area contributed by atoms with E-state index in [1.807, 2.05) is 12.1 Å². The lowest BCUT2D eigenvalue weighted by Gasteiger charge is -2.26. The van der Waals surface area contributed by atoms with Crippen molar-refractivity contribution in [3.05, 3.63) is 80.1 Å². The summed E-state index contributed by atoms with van der Waals surface area (Å²) >= 11 is 0. The van der Waals surface area contributed by atoms with Crippen LogP contribution in [0.15, 0.2) is 52.2 Å². The third-order valence-electron chi connectivity index (χ3n) is 5.88. The van der Waals surface area contributed by atoms with Crippen molar-refractivity contribution in [3.8, 4) is 22.6 Å². The van der Waals surface area contributed by atoms with E-state index in [0.717, 1.165) is 35.3 Å². The number of fused-ring (bicyclic) bond motifs is 1. The Morgan fingerprint density at radius 2 is 1.74 bits per heavy atom. The molecule has 1 atom stereocenters. The molecule has 1 unspecified atom stereocenters. The average molecular weight is 484 g/mol. The van der Waals surface area contributed by atoms with Crippen LogP contribution in [0.1, 0.15) is 43.9 Å². The zero-order valence-corrected chi connectivity index (χ0v) is 21.5. The van der Waals surface area contributed by atoms with Crippen LogP contribution in [0, 0.1) is 0 Å². The summed E-state index contributed by atoms with van der Waals surface area (Å²) in [5.74, 6) is 0.816. The highest BCUT2D eigenvalue weighted by Crippen LogP contribution is 2.42. The minimum Gasteiger partial charge on any atom is -0.496 e. The van der Waals surface area contributed by atoms with Gasteiger partial charge in [0.25, 0.3) is 5.56 Å². The number of hydrogen-bond acceptors (Lipinski definition) is 4. The van der Waals surface area contributed by atoms with Gasteiger partial charge in [0, 0.05) is 29.6 Å². The molecule has 0 saturated heterocycles. The van der Waals surface area contributed by atoms with Gasteiger partial charge in [-0.15, -0.1) is 0 Å². The number of benzene rings is 2. The van der Waals surface area contributed by atoms with Crippen molar-refractivity contribution in [1.82, 2.24) is 14.3 Å². The third-order valence-corrected chi connectivity index (χ3v) is 6.46. The first kappa shape index (κ1) is 25.6. The summed E-state index contributed by atoms with van der Waals surface area (Å²) in [5, 5.41) is 0. The first-order valence-electron chi connectivity index (χ1n) is 11.2. The molecule has 1 aromatic heterocycles. The van der Waals surface area contributed by atoms with Crippen molar-refractivity contribution < 1.29 is 8.95 Å². The molecule has 8 heteroatoms. The van der Waals surface area contributed by atoms with Gasteiger partial charge in [0.1, 0.15) is 5.75 Å². The molecule has 4 rings (SSSR count). The fraction of sp³-hybridized carbons (Fsp3) is 0.385. The number of methoxy groups -OCH3 is 1. The molecule has 0 amide bonds. The zero-order chi connectivity index (χ0) is 25.0. The Morgan fingerprint density at radius 3 is 2.32 bits per heavy atom. The Hall–Kier alpha value is -2.97. The maximum Gasteiger partial charge on any atom is 0.332 e. The summed E-state index contributed by atoms with van der Waals surface area (Å²) < 4.78 is 19.6. The summed E-state index contributed by atoms with van der Waals surface area (Å²) in [7, 11) is 2.51. The van der Waals surface area contributed by atoms with Crippen LogP contribution in [-0.4, -0.2) is 34.2 Å². The molecule has 3 aromatic rings. The van der Waals surface area contributed by atoms with Crippen molar-refractivity contribution in [2.45, 2.75) is 45.4 Å². The number of aromatic amines is 1. The molecular formula is C26H33N3O4S. The van der Waals surface area contributed by atoms with Gasteiger partial charge in [-0.25, -0.2) is 13.7 Å². The van der Waals surface area contributed by atoms with Crippen LogP contribution in [0.2, 0.25) is 0 Å². The number of hydrogen-bond donors (Lipinski definition) is 2. The topological polar surface area (TPSA) is 93.2 Å². The standard InChI is InChI=1S/C24H26N2O3.C2H7NOS/c1-24(2,3)20-14-18(26-11-10-21(27)25-23(26)28)13-19(22(20)29-4)17-9-8-15-6-5-7-16(15)12-17;1-3-5(2)4/h8-14H,5-7H2,1-4H3,(H,25,27,28);3H,1-2H3. The van der Waals surface area contributed by atoms with Crippen molar-refractivity contribution in [2.24, 2.45) is 0 Å². The molecule has 0 spiro atoms. The van der Waals surface area contributed by atoms with E-state index in [-0.39, 0.29) is 5.41 Å². The van der Waals surface area contributed by atoms with Gasteiger partial charge in [0.2, 0.25) is 0 Å². The number of aryl methyl sites for hydroxylation is 2. The highest BCUT2D eigenvalue weighted by atomic mass is 32.2. The smallest absolute Gasteiger partial charge is 0.332 e. The van der Waals surface area contributed by atoms with Gasteiger partial charge >= 0.3 is 5.69 Å². The van der Waals surface area contributed by atoms with E-state index in [4.69, 9.17) is 4.74 Å². The Kier molecular flexibility index (Phi) is 7.94. The Morgan fingerprint density at radius 1 is 1.06 bits per heavy atom. The molecule has 0 aliphatic heterocycles. The van der Waals surface area contributed by atoms with Crippen LogP contribution in [0.25, 0.3) is 16.8 Å². The summed E-state index contributed by atoms with van der Waals surface area (Å²) in [6.07, 6.45) is 6.52. The minimum atomic E-state index is -0.823. The largest absolute Gasteiger partial charge is 0.496 e. The first-order valence-corrected chi connectivity index (χ1v) is 12.8. The van der Waals surface area contributed by atoms with Crippen molar-refractivity contribution in [2.75, 3.05) is 20.4 Å². The van der Waals surface area contributed by atoms with E-state index in [0.29, 0.717) is 5.69 Å². The zero-order valence-electron chi connectivity index (χ0n) is 20.7. The number of aromatic nitrogens is 2. The molecule has 7 nitrogen and oxygen atoms in total. The van der Waals surface area contributed by atoms with Crippen LogP contribution in [-0.2, 0) is 29.2 Å². The lowest BCUT2D eigenvalue weighted by Crippen LogP contribution is -2.27.